The van der Waals surface area contributed by atoms with Gasteiger partial charge in [-0.15, -0.1) is 0 Å². The molecule has 0 N–H and O–H groups in total. The van der Waals surface area contributed by atoms with Gasteiger partial charge in [-0.1, -0.05) is 65.5 Å². The largest absolute Gasteiger partial charge is 0.282 e. The Bertz CT molecular complexity index is 1000. The molecule has 1 saturated carbocycles. The van der Waals surface area contributed by atoms with Crippen LogP contribution >= 0.6 is 15.9 Å². The topological polar surface area (TPSA) is 47.2 Å². The second-order valence-electron chi connectivity index (χ2n) is 6.74. The Balaban J connectivity index is 1.88. The van der Waals surface area contributed by atoms with E-state index in [0.717, 1.165) is 34.2 Å². The van der Waals surface area contributed by atoms with Crippen molar-refractivity contribution < 1.29 is 0 Å². The van der Waals surface area contributed by atoms with E-state index in [0.29, 0.717) is 5.39 Å². The molecule has 0 unspecified atom stereocenters. The lowest BCUT2D eigenvalue weighted by molar-refractivity contribution is 0.416. The van der Waals surface area contributed by atoms with Crippen LogP contribution in [0.2, 0.25) is 0 Å². The van der Waals surface area contributed by atoms with Gasteiger partial charge in [0.2, 0.25) is 0 Å². The lowest BCUT2D eigenvalue weighted by Crippen LogP contribution is -2.25. The molecule has 0 radical (unpaired) electrons. The van der Waals surface area contributed by atoms with Gasteiger partial charge in [0.05, 0.1) is 17.1 Å². The summed E-state index contributed by atoms with van der Waals surface area (Å²) in [5, 5.41) is 5.12. The van der Waals surface area contributed by atoms with Crippen LogP contribution in [0.3, 0.4) is 0 Å². The number of hydrogen-bond donors (Lipinski definition) is 0. The summed E-state index contributed by atoms with van der Waals surface area (Å²) in [5.74, 6) is 1.08. The average molecular weight is 410 g/mol. The molecule has 0 spiro atoms. The Morgan fingerprint density at radius 3 is 2.62 bits per heavy atom. The van der Waals surface area contributed by atoms with Gasteiger partial charge in [-0.05, 0) is 36.6 Å². The fraction of sp³-hybridized carbons (Fsp3) is 0.286. The van der Waals surface area contributed by atoms with Crippen LogP contribution in [0.25, 0.3) is 10.9 Å². The van der Waals surface area contributed by atoms with Crippen LogP contribution in [0, 0.1) is 0 Å². The zero-order valence-electron chi connectivity index (χ0n) is 14.4. The Labute approximate surface area is 160 Å². The van der Waals surface area contributed by atoms with Crippen molar-refractivity contribution >= 4 is 33.0 Å². The number of fused-ring (bicyclic) bond motifs is 1. The molecule has 1 aliphatic carbocycles. The summed E-state index contributed by atoms with van der Waals surface area (Å²) in [6.45, 7) is 0. The van der Waals surface area contributed by atoms with E-state index in [1.54, 1.807) is 6.21 Å². The minimum Gasteiger partial charge on any atom is -0.267 e. The van der Waals surface area contributed by atoms with Crippen molar-refractivity contribution in [3.63, 3.8) is 0 Å². The van der Waals surface area contributed by atoms with Crippen molar-refractivity contribution in [1.82, 2.24) is 9.66 Å². The fourth-order valence-corrected chi connectivity index (χ4v) is 3.93. The van der Waals surface area contributed by atoms with Crippen molar-refractivity contribution in [1.29, 1.82) is 0 Å². The van der Waals surface area contributed by atoms with Gasteiger partial charge in [-0.2, -0.15) is 9.78 Å². The van der Waals surface area contributed by atoms with Crippen LogP contribution in [0.4, 0.5) is 0 Å². The van der Waals surface area contributed by atoms with Gasteiger partial charge in [0, 0.05) is 10.4 Å². The van der Waals surface area contributed by atoms with Crippen LogP contribution in [-0.2, 0) is 0 Å². The smallest absolute Gasteiger partial charge is 0.267 e. The molecule has 4 rings (SSSR count). The summed E-state index contributed by atoms with van der Waals surface area (Å²) in [6.07, 6.45) is 7.49. The Hall–Kier alpha value is -2.27. The fourth-order valence-electron chi connectivity index (χ4n) is 3.57. The normalized spacial score (nSPS) is 15.7. The first-order valence-electron chi connectivity index (χ1n) is 9.04. The third kappa shape index (κ3) is 3.49. The predicted molar refractivity (Wildman–Crippen MR) is 109 cm³/mol. The summed E-state index contributed by atoms with van der Waals surface area (Å²) in [7, 11) is 0. The zero-order valence-corrected chi connectivity index (χ0v) is 16.0. The van der Waals surface area contributed by atoms with Crippen molar-refractivity contribution in [2.24, 2.45) is 5.10 Å². The SMILES string of the molecule is O=c1c2cc(Br)ccc2nc(C2CCCCC2)n1N=Cc1ccccc1. The number of rotatable bonds is 3. The molecule has 0 aliphatic heterocycles. The molecule has 3 aromatic rings. The molecular formula is C21H20BrN3O. The van der Waals surface area contributed by atoms with Crippen LogP contribution in [0.1, 0.15) is 49.4 Å². The van der Waals surface area contributed by atoms with Crippen molar-refractivity contribution in [2.45, 2.75) is 38.0 Å². The van der Waals surface area contributed by atoms with E-state index in [1.807, 2.05) is 48.5 Å². The van der Waals surface area contributed by atoms with Crippen molar-refractivity contribution in [3.8, 4) is 0 Å². The number of halogens is 1. The standard InChI is InChI=1S/C21H20BrN3O/c22-17-11-12-19-18(13-17)21(26)25(23-14-15-7-3-1-4-8-15)20(24-19)16-9-5-2-6-10-16/h1,3-4,7-8,11-14,16H,2,5-6,9-10H2. The molecule has 1 fully saturated rings. The summed E-state index contributed by atoms with van der Waals surface area (Å²) < 4.78 is 2.38. The molecule has 4 nitrogen and oxygen atoms in total. The van der Waals surface area contributed by atoms with Crippen molar-refractivity contribution in [2.75, 3.05) is 0 Å². The number of hydrogen-bond acceptors (Lipinski definition) is 3. The van der Waals surface area contributed by atoms with E-state index < -0.39 is 0 Å². The number of aromatic nitrogens is 2. The Morgan fingerprint density at radius 1 is 1.08 bits per heavy atom. The first-order chi connectivity index (χ1) is 12.7. The van der Waals surface area contributed by atoms with Crippen LogP contribution < -0.4 is 5.56 Å². The summed E-state index contributed by atoms with van der Waals surface area (Å²) >= 11 is 3.45. The second kappa shape index (κ2) is 7.54. The molecule has 1 aliphatic rings. The van der Waals surface area contributed by atoms with Crippen molar-refractivity contribution in [3.05, 3.63) is 74.7 Å². The Morgan fingerprint density at radius 2 is 1.85 bits per heavy atom. The highest BCUT2D eigenvalue weighted by Gasteiger charge is 2.22. The minimum atomic E-state index is -0.107. The van der Waals surface area contributed by atoms with Gasteiger partial charge in [0.25, 0.3) is 5.56 Å². The molecule has 0 bridgehead atoms. The molecule has 132 valence electrons. The maximum atomic E-state index is 13.2. The summed E-state index contributed by atoms with van der Waals surface area (Å²) in [4.78, 5) is 18.0. The van der Waals surface area contributed by atoms with E-state index in [2.05, 4.69) is 21.0 Å². The number of benzene rings is 2. The van der Waals surface area contributed by atoms with Gasteiger partial charge < -0.3 is 0 Å². The molecule has 0 saturated heterocycles. The van der Waals surface area contributed by atoms with Crippen LogP contribution in [-0.4, -0.2) is 15.9 Å². The Kier molecular flexibility index (Phi) is 4.98. The summed E-state index contributed by atoms with van der Waals surface area (Å²) in [6, 6.07) is 15.5. The zero-order chi connectivity index (χ0) is 17.9. The quantitative estimate of drug-likeness (QED) is 0.565. The monoisotopic (exact) mass is 409 g/mol. The molecule has 1 heterocycles. The van der Waals surface area contributed by atoms with E-state index >= 15 is 0 Å². The molecule has 1 aromatic heterocycles. The molecule has 0 atom stereocenters. The molecule has 26 heavy (non-hydrogen) atoms. The molecule has 5 heteroatoms. The lowest BCUT2D eigenvalue weighted by Gasteiger charge is -2.22. The van der Waals surface area contributed by atoms with E-state index in [9.17, 15) is 4.79 Å². The first kappa shape index (κ1) is 17.2. The van der Waals surface area contributed by atoms with Gasteiger partial charge in [-0.3, -0.25) is 4.79 Å². The molecule has 2 aromatic carbocycles. The minimum absolute atomic E-state index is 0.107. The summed E-state index contributed by atoms with van der Waals surface area (Å²) in [5.41, 5.74) is 1.59. The predicted octanol–water partition coefficient (Wildman–Crippen LogP) is 5.09. The number of nitrogens with zero attached hydrogens (tertiary/aromatic N) is 3. The van der Waals surface area contributed by atoms with Gasteiger partial charge >= 0.3 is 0 Å². The van der Waals surface area contributed by atoms with Gasteiger partial charge in [0.15, 0.2) is 0 Å². The first-order valence-corrected chi connectivity index (χ1v) is 9.83. The highest BCUT2D eigenvalue weighted by atomic mass is 79.9. The van der Waals surface area contributed by atoms with Gasteiger partial charge in [0.1, 0.15) is 5.82 Å². The highest BCUT2D eigenvalue weighted by molar-refractivity contribution is 9.10. The van der Waals surface area contributed by atoms with E-state index in [-0.39, 0.29) is 11.5 Å². The molecular weight excluding hydrogens is 390 g/mol. The second-order valence-corrected chi connectivity index (χ2v) is 7.65. The lowest BCUT2D eigenvalue weighted by atomic mass is 9.88. The third-order valence-electron chi connectivity index (χ3n) is 4.93. The van der Waals surface area contributed by atoms with Crippen LogP contribution in [0.15, 0.2) is 62.9 Å². The highest BCUT2D eigenvalue weighted by Crippen LogP contribution is 2.32. The van der Waals surface area contributed by atoms with E-state index in [1.165, 1.54) is 23.9 Å². The van der Waals surface area contributed by atoms with Gasteiger partial charge in [-0.25, -0.2) is 4.98 Å². The third-order valence-corrected chi connectivity index (χ3v) is 5.42. The van der Waals surface area contributed by atoms with Crippen LogP contribution in [0.5, 0.6) is 0 Å². The maximum absolute atomic E-state index is 13.2. The van der Waals surface area contributed by atoms with E-state index in [4.69, 9.17) is 4.98 Å². The average Bonchev–Trinajstić information content (AvgIpc) is 2.69. The molecule has 0 amide bonds. The maximum Gasteiger partial charge on any atom is 0.282 e.